The van der Waals surface area contributed by atoms with E-state index in [0.717, 1.165) is 18.9 Å². The predicted octanol–water partition coefficient (Wildman–Crippen LogP) is 3.54. The first-order valence-electron chi connectivity index (χ1n) is 8.31. The highest BCUT2D eigenvalue weighted by Gasteiger charge is 2.23. The first-order chi connectivity index (χ1) is 11.6. The lowest BCUT2D eigenvalue weighted by molar-refractivity contribution is 0.0918. The summed E-state index contributed by atoms with van der Waals surface area (Å²) >= 11 is 0. The van der Waals surface area contributed by atoms with Gasteiger partial charge in [0, 0.05) is 11.6 Å². The average Bonchev–Trinajstić information content (AvgIpc) is 2.60. The zero-order valence-electron chi connectivity index (χ0n) is 14.2. The number of amides is 1. The van der Waals surface area contributed by atoms with Crippen LogP contribution in [0.1, 0.15) is 49.4 Å². The van der Waals surface area contributed by atoms with Crippen LogP contribution >= 0.6 is 0 Å². The molecule has 0 saturated heterocycles. The Morgan fingerprint density at radius 2 is 2.12 bits per heavy atom. The maximum absolute atomic E-state index is 14.2. The van der Waals surface area contributed by atoms with E-state index in [-0.39, 0.29) is 35.6 Å². The van der Waals surface area contributed by atoms with E-state index < -0.39 is 5.82 Å². The van der Waals surface area contributed by atoms with Crippen LogP contribution in [0.15, 0.2) is 12.1 Å². The van der Waals surface area contributed by atoms with Crippen molar-refractivity contribution >= 4 is 5.91 Å². The molecule has 5 heteroatoms. The van der Waals surface area contributed by atoms with E-state index in [2.05, 4.69) is 11.2 Å². The van der Waals surface area contributed by atoms with E-state index in [0.29, 0.717) is 5.92 Å². The Kier molecular flexibility index (Phi) is 6.48. The summed E-state index contributed by atoms with van der Waals surface area (Å²) in [7, 11) is 1.39. The second-order valence-electron chi connectivity index (χ2n) is 6.14. The summed E-state index contributed by atoms with van der Waals surface area (Å²) in [6.07, 6.45) is 11.0. The Balaban J connectivity index is 2.11. The fraction of sp³-hybridized carbons (Fsp3) is 0.526. The number of carbonyl (C=O) groups is 1. The maximum atomic E-state index is 14.2. The van der Waals surface area contributed by atoms with Crippen molar-refractivity contribution in [1.82, 2.24) is 5.32 Å². The molecule has 1 unspecified atom stereocenters. The van der Waals surface area contributed by atoms with Gasteiger partial charge in [0.05, 0.1) is 7.11 Å². The number of nitrogens with one attached hydrogen (secondary N) is 1. The highest BCUT2D eigenvalue weighted by Crippen LogP contribution is 2.32. The Hall–Kier alpha value is -2.22. The Bertz CT molecular complexity index is 618. The third kappa shape index (κ3) is 4.41. The van der Waals surface area contributed by atoms with E-state index in [1.54, 1.807) is 0 Å². The van der Waals surface area contributed by atoms with Crippen molar-refractivity contribution in [2.75, 3.05) is 13.7 Å². The second kappa shape index (κ2) is 8.58. The molecule has 1 atom stereocenters. The van der Waals surface area contributed by atoms with Crippen molar-refractivity contribution < 1.29 is 18.7 Å². The van der Waals surface area contributed by atoms with Crippen LogP contribution in [0.3, 0.4) is 0 Å². The highest BCUT2D eigenvalue weighted by atomic mass is 19.1. The maximum Gasteiger partial charge on any atom is 0.251 e. The molecule has 0 aliphatic heterocycles. The normalized spacial score (nSPS) is 16.1. The van der Waals surface area contributed by atoms with Gasteiger partial charge in [-0.2, -0.15) is 0 Å². The van der Waals surface area contributed by atoms with Crippen molar-refractivity contribution in [3.63, 3.8) is 0 Å². The van der Waals surface area contributed by atoms with Crippen molar-refractivity contribution in [3.8, 4) is 23.8 Å². The van der Waals surface area contributed by atoms with E-state index in [1.165, 1.54) is 32.4 Å². The topological polar surface area (TPSA) is 47.6 Å². The molecule has 130 valence electrons. The molecule has 4 nitrogen and oxygen atoms in total. The van der Waals surface area contributed by atoms with Crippen LogP contribution in [0.25, 0.3) is 0 Å². The molecule has 1 aliphatic carbocycles. The molecule has 0 bridgehead atoms. The Morgan fingerprint density at radius 3 is 2.75 bits per heavy atom. The van der Waals surface area contributed by atoms with Crippen molar-refractivity contribution in [2.24, 2.45) is 5.92 Å². The standard InChI is InChI=1S/C19H24FNO3/c1-4-10-24-18-16(20)11-15(12-17(18)23-3)19(22)21-13(2)14-8-6-5-7-9-14/h1,11-14H,5-10H2,2-3H3,(H,21,22). The summed E-state index contributed by atoms with van der Waals surface area (Å²) in [5.41, 5.74) is 0.208. The predicted molar refractivity (Wildman–Crippen MR) is 90.8 cm³/mol. The van der Waals surface area contributed by atoms with Crippen LogP contribution in [0, 0.1) is 24.1 Å². The molecule has 2 rings (SSSR count). The van der Waals surface area contributed by atoms with Gasteiger partial charge in [0.15, 0.2) is 17.3 Å². The van der Waals surface area contributed by atoms with Gasteiger partial charge >= 0.3 is 0 Å². The zero-order chi connectivity index (χ0) is 17.5. The van der Waals surface area contributed by atoms with Gasteiger partial charge in [-0.05, 0) is 37.8 Å². The van der Waals surface area contributed by atoms with Gasteiger partial charge < -0.3 is 14.8 Å². The summed E-state index contributed by atoms with van der Waals surface area (Å²) in [4.78, 5) is 12.4. The minimum Gasteiger partial charge on any atom is -0.493 e. The summed E-state index contributed by atoms with van der Waals surface area (Å²) in [6.45, 7) is 1.93. The van der Waals surface area contributed by atoms with E-state index >= 15 is 0 Å². The SMILES string of the molecule is C#CCOc1c(F)cc(C(=O)NC(C)C2CCCCC2)cc1OC. The molecule has 1 aromatic carbocycles. The van der Waals surface area contributed by atoms with Gasteiger partial charge in [-0.15, -0.1) is 6.42 Å². The molecule has 1 amide bonds. The molecule has 0 aromatic heterocycles. The summed E-state index contributed by atoms with van der Waals surface area (Å²) in [5, 5.41) is 2.97. The molecule has 1 fully saturated rings. The van der Waals surface area contributed by atoms with Crippen LogP contribution in [-0.4, -0.2) is 25.7 Å². The minimum absolute atomic E-state index is 0.0595. The number of benzene rings is 1. The van der Waals surface area contributed by atoms with Crippen LogP contribution < -0.4 is 14.8 Å². The number of carbonyl (C=O) groups excluding carboxylic acids is 1. The molecule has 1 aliphatic rings. The van der Waals surface area contributed by atoms with Gasteiger partial charge in [0.25, 0.3) is 5.91 Å². The first-order valence-corrected chi connectivity index (χ1v) is 8.31. The van der Waals surface area contributed by atoms with Crippen molar-refractivity contribution in [3.05, 3.63) is 23.5 Å². The molecule has 1 saturated carbocycles. The number of hydrogen-bond acceptors (Lipinski definition) is 3. The molecule has 24 heavy (non-hydrogen) atoms. The van der Waals surface area contributed by atoms with Gasteiger partial charge in [-0.25, -0.2) is 4.39 Å². The van der Waals surface area contributed by atoms with Crippen molar-refractivity contribution in [2.45, 2.75) is 45.1 Å². The Morgan fingerprint density at radius 1 is 1.42 bits per heavy atom. The number of ether oxygens (including phenoxy) is 2. The molecule has 1 aromatic rings. The lowest BCUT2D eigenvalue weighted by Crippen LogP contribution is -2.38. The minimum atomic E-state index is -0.667. The smallest absolute Gasteiger partial charge is 0.251 e. The molecule has 0 radical (unpaired) electrons. The molecular formula is C19H24FNO3. The van der Waals surface area contributed by atoms with Gasteiger partial charge in [-0.1, -0.05) is 25.2 Å². The zero-order valence-corrected chi connectivity index (χ0v) is 14.2. The molecular weight excluding hydrogens is 309 g/mol. The molecule has 0 heterocycles. The van der Waals surface area contributed by atoms with Crippen LogP contribution in [0.4, 0.5) is 4.39 Å². The third-order valence-electron chi connectivity index (χ3n) is 4.51. The number of rotatable bonds is 6. The number of terminal acetylenes is 1. The second-order valence-corrected chi connectivity index (χ2v) is 6.14. The lowest BCUT2D eigenvalue weighted by atomic mass is 9.84. The van der Waals surface area contributed by atoms with E-state index in [9.17, 15) is 9.18 Å². The monoisotopic (exact) mass is 333 g/mol. The van der Waals surface area contributed by atoms with Crippen LogP contribution in [0.5, 0.6) is 11.5 Å². The van der Waals surface area contributed by atoms with Crippen LogP contribution in [-0.2, 0) is 0 Å². The lowest BCUT2D eigenvalue weighted by Gasteiger charge is -2.28. The van der Waals surface area contributed by atoms with Gasteiger partial charge in [0.2, 0.25) is 0 Å². The number of methoxy groups -OCH3 is 1. The average molecular weight is 333 g/mol. The Labute approximate surface area is 142 Å². The van der Waals surface area contributed by atoms with E-state index in [1.807, 2.05) is 6.92 Å². The summed E-state index contributed by atoms with van der Waals surface area (Å²) in [5.74, 6) is 1.85. The quantitative estimate of drug-likeness (QED) is 0.810. The third-order valence-corrected chi connectivity index (χ3v) is 4.51. The molecule has 1 N–H and O–H groups in total. The fourth-order valence-corrected chi connectivity index (χ4v) is 3.15. The fourth-order valence-electron chi connectivity index (χ4n) is 3.15. The number of hydrogen-bond donors (Lipinski definition) is 1. The summed E-state index contributed by atoms with van der Waals surface area (Å²) < 4.78 is 24.5. The van der Waals surface area contributed by atoms with Crippen molar-refractivity contribution in [1.29, 1.82) is 0 Å². The van der Waals surface area contributed by atoms with Gasteiger partial charge in [0.1, 0.15) is 6.61 Å². The molecule has 0 spiro atoms. The highest BCUT2D eigenvalue weighted by molar-refractivity contribution is 5.95. The first kappa shape index (κ1) is 18.1. The number of halogens is 1. The van der Waals surface area contributed by atoms with Crippen LogP contribution in [0.2, 0.25) is 0 Å². The van der Waals surface area contributed by atoms with Gasteiger partial charge in [-0.3, -0.25) is 4.79 Å². The largest absolute Gasteiger partial charge is 0.493 e. The summed E-state index contributed by atoms with van der Waals surface area (Å²) in [6, 6.07) is 2.68. The van der Waals surface area contributed by atoms with E-state index in [4.69, 9.17) is 15.9 Å².